The molecule has 0 spiro atoms. The number of carboxylic acid groups (broad SMARTS) is 1. The van der Waals surface area contributed by atoms with Crippen LogP contribution in [-0.4, -0.2) is 127 Å². The largest absolute Gasteiger partial charge is 0.480 e. The fraction of sp³-hybridized carbons (Fsp3) is 0.778. The monoisotopic (exact) mass is 862 g/mol. The lowest BCUT2D eigenvalue weighted by molar-refractivity contribution is -0.398. The fourth-order valence-electron chi connectivity index (χ4n) is 5.77. The molecule has 0 aromatic carbocycles. The average Bonchev–Trinajstić information content (AvgIpc) is 3.13. The van der Waals surface area contributed by atoms with Gasteiger partial charge in [-0.3, -0.25) is 44.2 Å². The molecule has 7 atom stereocenters. The Kier molecular flexibility index (Phi) is 27.4. The molecule has 0 aliphatic carbocycles. The summed E-state index contributed by atoms with van der Waals surface area (Å²) in [6.07, 6.45) is -0.493. The van der Waals surface area contributed by atoms with Gasteiger partial charge in [0.15, 0.2) is 6.04 Å². The summed E-state index contributed by atoms with van der Waals surface area (Å²) < 4.78 is 0. The summed E-state index contributed by atoms with van der Waals surface area (Å²) in [5, 5.41) is 30.6. The van der Waals surface area contributed by atoms with Crippen LogP contribution in [0, 0.1) is 11.8 Å². The van der Waals surface area contributed by atoms with E-state index in [1.165, 1.54) is 0 Å². The number of carboxylic acids is 1. The minimum absolute atomic E-state index is 0.000662. The number of unbranched alkanes of at least 4 members (excludes halogenated alkanes) is 1. The van der Waals surface area contributed by atoms with Gasteiger partial charge in [-0.15, -0.1) is 0 Å². The molecule has 0 fully saturated rings. The highest BCUT2D eigenvalue weighted by atomic mass is 16.4. The van der Waals surface area contributed by atoms with E-state index in [2.05, 4.69) is 54.0 Å². The van der Waals surface area contributed by atoms with Crippen molar-refractivity contribution in [1.29, 1.82) is 0 Å². The molecule has 60 heavy (non-hydrogen) atoms. The van der Waals surface area contributed by atoms with Gasteiger partial charge in [-0.1, -0.05) is 27.7 Å². The Hall–Kier alpha value is -4.56. The number of carbonyl (C=O) groups excluding carboxylic acids is 7. The van der Waals surface area contributed by atoms with E-state index in [1.54, 1.807) is 20.8 Å². The van der Waals surface area contributed by atoms with Gasteiger partial charge in [-0.2, -0.15) is 0 Å². The lowest BCUT2D eigenvalue weighted by atomic mass is 10.0. The molecular weight excluding hydrogens is 786 g/mol. The zero-order valence-electron chi connectivity index (χ0n) is 35.9. The summed E-state index contributed by atoms with van der Waals surface area (Å²) in [5.41, 5.74) is 35.3. The van der Waals surface area contributed by atoms with E-state index in [-0.39, 0.29) is 57.5 Å². The summed E-state index contributed by atoms with van der Waals surface area (Å²) in [7, 11) is 0. The number of nitrogens with two attached hydrogens (primary N) is 5. The van der Waals surface area contributed by atoms with Gasteiger partial charge >= 0.3 is 5.97 Å². The Morgan fingerprint density at radius 3 is 1.28 bits per heavy atom. The SMILES string of the molecule is CC(C)C[C@H](NC(=O)[C@H](C)[NH3+])C(=O)N[C@@H](CCCC[NH3+])C(=O)N[C@@H](CCCNC(N)N)C(=O)N[C@@H](CCCNC(N)N)C(=O)N[C@@H](CC(N)=O)C(=O)N[C@H](C(=O)O)C(C)C. The van der Waals surface area contributed by atoms with E-state index in [4.69, 9.17) is 28.7 Å². The third kappa shape index (κ3) is 23.9. The quantitative estimate of drug-likeness (QED) is 0.0221. The van der Waals surface area contributed by atoms with Crippen LogP contribution in [0.15, 0.2) is 0 Å². The molecule has 0 aliphatic rings. The normalized spacial score (nSPS) is 15.0. The first-order valence-electron chi connectivity index (χ1n) is 20.4. The maximum Gasteiger partial charge on any atom is 0.326 e. The van der Waals surface area contributed by atoms with Crippen molar-refractivity contribution in [3.63, 3.8) is 0 Å². The van der Waals surface area contributed by atoms with Gasteiger partial charge in [0.1, 0.15) is 48.8 Å². The van der Waals surface area contributed by atoms with Gasteiger partial charge in [-0.25, -0.2) is 4.79 Å². The van der Waals surface area contributed by atoms with E-state index >= 15 is 0 Å². The topological polar surface area (TPSA) is 438 Å². The highest BCUT2D eigenvalue weighted by molar-refractivity contribution is 5.97. The van der Waals surface area contributed by atoms with Crippen molar-refractivity contribution in [3.8, 4) is 0 Å². The van der Waals surface area contributed by atoms with Crippen LogP contribution in [0.2, 0.25) is 0 Å². The first kappa shape index (κ1) is 55.4. The fourth-order valence-corrected chi connectivity index (χ4v) is 5.77. The number of nitrogens with one attached hydrogen (secondary N) is 8. The molecule has 0 heterocycles. The third-order valence-electron chi connectivity index (χ3n) is 9.05. The first-order chi connectivity index (χ1) is 28.0. The van der Waals surface area contributed by atoms with Gasteiger partial charge in [0.05, 0.1) is 13.0 Å². The summed E-state index contributed by atoms with van der Waals surface area (Å²) >= 11 is 0. The van der Waals surface area contributed by atoms with Crippen molar-refractivity contribution in [3.05, 3.63) is 0 Å². The van der Waals surface area contributed by atoms with Crippen molar-refractivity contribution in [2.75, 3.05) is 19.6 Å². The maximum absolute atomic E-state index is 14.1. The summed E-state index contributed by atoms with van der Waals surface area (Å²) in [6, 6.07) is -8.41. The summed E-state index contributed by atoms with van der Waals surface area (Å²) in [5.74, 6) is -7.38. The minimum atomic E-state index is -1.61. The predicted molar refractivity (Wildman–Crippen MR) is 220 cm³/mol. The van der Waals surface area contributed by atoms with Gasteiger partial charge in [0, 0.05) is 0 Å². The molecule has 0 aromatic rings. The van der Waals surface area contributed by atoms with Crippen LogP contribution in [0.1, 0.15) is 92.4 Å². The molecule has 0 saturated carbocycles. The summed E-state index contributed by atoms with van der Waals surface area (Å²) in [6.45, 7) is 9.43. The van der Waals surface area contributed by atoms with Gasteiger partial charge < -0.3 is 77.1 Å². The van der Waals surface area contributed by atoms with Crippen molar-refractivity contribution in [1.82, 2.24) is 42.5 Å². The number of primary amides is 1. The highest BCUT2D eigenvalue weighted by Crippen LogP contribution is 2.10. The lowest BCUT2D eigenvalue weighted by Gasteiger charge is -2.28. The Bertz CT molecular complexity index is 1380. The zero-order valence-corrected chi connectivity index (χ0v) is 35.9. The number of amides is 7. The number of quaternary nitrogens is 2. The van der Waals surface area contributed by atoms with Crippen LogP contribution in [0.5, 0.6) is 0 Å². The molecule has 0 unspecified atom stereocenters. The second kappa shape index (κ2) is 29.6. The van der Waals surface area contributed by atoms with Gasteiger partial charge in [0.2, 0.25) is 35.4 Å². The van der Waals surface area contributed by atoms with Crippen molar-refractivity contribution in [2.24, 2.45) is 40.5 Å². The second-order valence-electron chi connectivity index (χ2n) is 15.7. The van der Waals surface area contributed by atoms with Crippen LogP contribution in [-0.2, 0) is 38.4 Å². The second-order valence-corrected chi connectivity index (χ2v) is 15.7. The summed E-state index contributed by atoms with van der Waals surface area (Å²) in [4.78, 5) is 105. The molecule has 7 amide bonds. The molecule has 0 radical (unpaired) electrons. The van der Waals surface area contributed by atoms with E-state index in [0.717, 1.165) is 0 Å². The molecule has 24 heteroatoms. The van der Waals surface area contributed by atoms with Gasteiger partial charge in [-0.05, 0) is 83.2 Å². The first-order valence-corrected chi connectivity index (χ1v) is 20.4. The molecule has 25 N–H and O–H groups in total. The Labute approximate surface area is 351 Å². The number of hydrogen-bond donors (Lipinski definition) is 16. The third-order valence-corrected chi connectivity index (χ3v) is 9.05. The smallest absolute Gasteiger partial charge is 0.326 e. The maximum atomic E-state index is 14.1. The van der Waals surface area contributed by atoms with Crippen LogP contribution in [0.3, 0.4) is 0 Å². The standard InChI is InChI=1S/C36H73N15O9/c1-18(2)16-24(49-28(53)20(5)38)32(57)48-21(10-6-7-13-37)29(54)46-22(11-8-14-44-35(40)41)30(55)47-23(12-9-15-45-36(42)43)31(56)50-25(17-26(39)52)33(58)51-27(19(3)4)34(59)60/h18-25,27,35-36,44-45H,6-17,37-38,40-43H2,1-5H3,(H2,39,52)(H,46,54)(H,47,55)(H,48,57)(H,49,53)(H,50,56)(H,51,58)(H,59,60)/p+2/t20-,21-,22-,23-,24-,25-,27-/m0/s1. The van der Waals surface area contributed by atoms with E-state index in [0.29, 0.717) is 19.4 Å². The lowest BCUT2D eigenvalue weighted by Crippen LogP contribution is -2.67. The minimum Gasteiger partial charge on any atom is -0.480 e. The van der Waals surface area contributed by atoms with E-state index < -0.39 is 115 Å². The number of carbonyl (C=O) groups is 8. The molecule has 0 rings (SSSR count). The Balaban J connectivity index is 6.69. The molecular formula is C36H75N15O9+2. The zero-order chi connectivity index (χ0) is 46.1. The molecule has 24 nitrogen and oxygen atoms in total. The van der Waals surface area contributed by atoms with Crippen molar-refractivity contribution in [2.45, 2.75) is 147 Å². The molecule has 0 bridgehead atoms. The van der Waals surface area contributed by atoms with Crippen LogP contribution in [0.25, 0.3) is 0 Å². The number of hydrogen-bond acceptors (Lipinski definition) is 14. The Morgan fingerprint density at radius 2 is 0.933 bits per heavy atom. The van der Waals surface area contributed by atoms with Gasteiger partial charge in [0.25, 0.3) is 5.91 Å². The average molecular weight is 862 g/mol. The number of aliphatic carboxylic acids is 1. The van der Waals surface area contributed by atoms with E-state index in [1.807, 2.05) is 13.8 Å². The molecule has 346 valence electrons. The predicted octanol–water partition coefficient (Wildman–Crippen LogP) is -7.26. The molecule has 0 saturated heterocycles. The molecule has 0 aliphatic heterocycles. The highest BCUT2D eigenvalue weighted by Gasteiger charge is 2.34. The van der Waals surface area contributed by atoms with E-state index in [9.17, 15) is 43.5 Å². The van der Waals surface area contributed by atoms with Crippen LogP contribution in [0.4, 0.5) is 0 Å². The number of rotatable bonds is 32. The van der Waals surface area contributed by atoms with Crippen molar-refractivity contribution < 1.29 is 54.9 Å². The molecule has 0 aromatic heterocycles. The Morgan fingerprint density at radius 1 is 0.550 bits per heavy atom. The van der Waals surface area contributed by atoms with Crippen LogP contribution < -0.4 is 82.7 Å². The van der Waals surface area contributed by atoms with Crippen LogP contribution >= 0.6 is 0 Å². The van der Waals surface area contributed by atoms with Crippen molar-refractivity contribution >= 4 is 47.3 Å².